The van der Waals surface area contributed by atoms with E-state index in [4.69, 9.17) is 10.3 Å². The van der Waals surface area contributed by atoms with Crippen LogP contribution >= 0.6 is 0 Å². The van der Waals surface area contributed by atoms with E-state index < -0.39 is 6.04 Å². The molecule has 1 aliphatic carbocycles. The lowest BCUT2D eigenvalue weighted by molar-refractivity contribution is -0.133. The molecular weight excluding hydrogens is 294 g/mol. The molecule has 2 N–H and O–H groups in total. The van der Waals surface area contributed by atoms with Crippen molar-refractivity contribution in [3.63, 3.8) is 0 Å². The quantitative estimate of drug-likeness (QED) is 0.811. The van der Waals surface area contributed by atoms with Gasteiger partial charge in [0.15, 0.2) is 5.78 Å². The van der Waals surface area contributed by atoms with E-state index in [2.05, 4.69) is 5.16 Å². The number of carbonyl (C=O) groups is 2. The van der Waals surface area contributed by atoms with Gasteiger partial charge in [-0.15, -0.1) is 0 Å². The van der Waals surface area contributed by atoms with Gasteiger partial charge in [-0.2, -0.15) is 0 Å². The molecule has 6 heteroatoms. The zero-order chi connectivity index (χ0) is 16.4. The van der Waals surface area contributed by atoms with Crippen LogP contribution in [0.3, 0.4) is 0 Å². The van der Waals surface area contributed by atoms with Gasteiger partial charge in [0.1, 0.15) is 11.5 Å². The second-order valence-corrected chi connectivity index (χ2v) is 6.91. The van der Waals surface area contributed by atoms with E-state index in [1.54, 1.807) is 6.92 Å². The Hall–Kier alpha value is -1.69. The smallest absolute Gasteiger partial charge is 0.239 e. The van der Waals surface area contributed by atoms with E-state index in [9.17, 15) is 9.59 Å². The Kier molecular flexibility index (Phi) is 4.80. The molecule has 1 aromatic rings. The minimum absolute atomic E-state index is 0.0229. The SMILES string of the molecule is C[C@@H](N)C(=O)N1CCC(CCC(=O)c2cc(C3CC3)on2)CC1. The van der Waals surface area contributed by atoms with Gasteiger partial charge in [0.25, 0.3) is 0 Å². The fraction of sp³-hybridized carbons (Fsp3) is 0.706. The molecule has 0 radical (unpaired) electrons. The molecule has 23 heavy (non-hydrogen) atoms. The highest BCUT2D eigenvalue weighted by Gasteiger charge is 2.29. The number of Topliss-reactive ketones (excluding diaryl/α,β-unsaturated/α-hetero) is 1. The Morgan fingerprint density at radius 2 is 2.04 bits per heavy atom. The number of rotatable bonds is 6. The van der Waals surface area contributed by atoms with E-state index in [-0.39, 0.29) is 11.7 Å². The van der Waals surface area contributed by atoms with Gasteiger partial charge in [-0.05, 0) is 44.9 Å². The summed E-state index contributed by atoms with van der Waals surface area (Å²) in [6.45, 7) is 3.21. The van der Waals surface area contributed by atoms with Crippen LogP contribution in [0.2, 0.25) is 0 Å². The van der Waals surface area contributed by atoms with Crippen molar-refractivity contribution in [3.05, 3.63) is 17.5 Å². The summed E-state index contributed by atoms with van der Waals surface area (Å²) in [5.74, 6) is 1.92. The van der Waals surface area contributed by atoms with E-state index in [1.807, 2.05) is 11.0 Å². The summed E-state index contributed by atoms with van der Waals surface area (Å²) in [6.07, 6.45) is 5.52. The molecule has 0 aromatic carbocycles. The third-order valence-corrected chi connectivity index (χ3v) is 4.89. The zero-order valence-electron chi connectivity index (χ0n) is 13.7. The van der Waals surface area contributed by atoms with Crippen LogP contribution in [0.25, 0.3) is 0 Å². The first kappa shape index (κ1) is 16.2. The molecule has 1 saturated heterocycles. The number of nitrogens with zero attached hydrogens (tertiary/aromatic N) is 2. The first-order valence-electron chi connectivity index (χ1n) is 8.58. The van der Waals surface area contributed by atoms with Gasteiger partial charge >= 0.3 is 0 Å². The molecule has 1 atom stereocenters. The monoisotopic (exact) mass is 319 g/mol. The Bertz CT molecular complexity index is 569. The fourth-order valence-electron chi connectivity index (χ4n) is 3.17. The van der Waals surface area contributed by atoms with E-state index >= 15 is 0 Å². The summed E-state index contributed by atoms with van der Waals surface area (Å²) >= 11 is 0. The Morgan fingerprint density at radius 1 is 1.35 bits per heavy atom. The first-order chi connectivity index (χ1) is 11.0. The van der Waals surface area contributed by atoms with E-state index in [0.717, 1.165) is 51.0 Å². The van der Waals surface area contributed by atoms with Crippen LogP contribution in [0.15, 0.2) is 10.6 Å². The number of hydrogen-bond donors (Lipinski definition) is 1. The van der Waals surface area contributed by atoms with Crippen molar-refractivity contribution in [1.29, 1.82) is 0 Å². The van der Waals surface area contributed by atoms with Gasteiger partial charge in [-0.25, -0.2) is 0 Å². The number of ketones is 1. The van der Waals surface area contributed by atoms with Crippen molar-refractivity contribution in [3.8, 4) is 0 Å². The van der Waals surface area contributed by atoms with Crippen molar-refractivity contribution >= 4 is 11.7 Å². The van der Waals surface area contributed by atoms with Crippen LogP contribution in [0.4, 0.5) is 0 Å². The molecule has 0 bridgehead atoms. The normalized spacial score (nSPS) is 20.5. The summed E-state index contributed by atoms with van der Waals surface area (Å²) in [6, 6.07) is 1.38. The number of piperidine rings is 1. The number of likely N-dealkylation sites (tertiary alicyclic amines) is 1. The molecule has 3 rings (SSSR count). The van der Waals surface area contributed by atoms with Crippen LogP contribution in [0, 0.1) is 5.92 Å². The van der Waals surface area contributed by atoms with Crippen LogP contribution in [-0.2, 0) is 4.79 Å². The van der Waals surface area contributed by atoms with Crippen LogP contribution in [-0.4, -0.2) is 40.9 Å². The third kappa shape index (κ3) is 3.99. The molecular formula is C17H25N3O3. The number of hydrogen-bond acceptors (Lipinski definition) is 5. The number of nitrogens with two attached hydrogens (primary N) is 1. The molecule has 6 nitrogen and oxygen atoms in total. The predicted molar refractivity (Wildman–Crippen MR) is 85.0 cm³/mol. The highest BCUT2D eigenvalue weighted by molar-refractivity contribution is 5.94. The van der Waals surface area contributed by atoms with Gasteiger partial charge in [-0.1, -0.05) is 5.16 Å². The molecule has 1 aliphatic heterocycles. The van der Waals surface area contributed by atoms with Crippen molar-refractivity contribution in [2.75, 3.05) is 13.1 Å². The Balaban J connectivity index is 1.42. The first-order valence-corrected chi connectivity index (χ1v) is 8.58. The standard InChI is InChI=1S/C17H25N3O3/c1-11(18)17(22)20-8-6-12(7-9-20)2-5-15(21)14-10-16(23-19-14)13-3-4-13/h10-13H,2-9,18H2,1H3/t11-/m1/s1. The number of amides is 1. The molecule has 1 aromatic heterocycles. The Morgan fingerprint density at radius 3 is 2.65 bits per heavy atom. The fourth-order valence-corrected chi connectivity index (χ4v) is 3.17. The summed E-state index contributed by atoms with van der Waals surface area (Å²) in [5.41, 5.74) is 6.11. The van der Waals surface area contributed by atoms with Crippen molar-refractivity contribution in [2.24, 2.45) is 11.7 Å². The summed E-state index contributed by atoms with van der Waals surface area (Å²) in [4.78, 5) is 25.9. The van der Waals surface area contributed by atoms with Crippen LogP contribution in [0.5, 0.6) is 0 Å². The second kappa shape index (κ2) is 6.83. The molecule has 2 fully saturated rings. The number of carbonyl (C=O) groups excluding carboxylic acids is 2. The maximum absolute atomic E-state index is 12.2. The van der Waals surface area contributed by atoms with Crippen LogP contribution < -0.4 is 5.73 Å². The lowest BCUT2D eigenvalue weighted by Crippen LogP contribution is -2.45. The van der Waals surface area contributed by atoms with Crippen molar-refractivity contribution < 1.29 is 14.1 Å². The van der Waals surface area contributed by atoms with Gasteiger partial charge in [-0.3, -0.25) is 9.59 Å². The summed E-state index contributed by atoms with van der Waals surface area (Å²) < 4.78 is 5.24. The molecule has 0 unspecified atom stereocenters. The van der Waals surface area contributed by atoms with Gasteiger partial charge in [0.2, 0.25) is 5.91 Å². The number of aromatic nitrogens is 1. The van der Waals surface area contributed by atoms with Gasteiger partial charge in [0, 0.05) is 31.5 Å². The van der Waals surface area contributed by atoms with Crippen molar-refractivity contribution in [2.45, 2.75) is 57.4 Å². The second-order valence-electron chi connectivity index (χ2n) is 6.91. The molecule has 0 spiro atoms. The lowest BCUT2D eigenvalue weighted by Gasteiger charge is -2.32. The minimum Gasteiger partial charge on any atom is -0.360 e. The average molecular weight is 319 g/mol. The average Bonchev–Trinajstić information content (AvgIpc) is 3.29. The van der Waals surface area contributed by atoms with E-state index in [0.29, 0.717) is 24.0 Å². The molecule has 2 heterocycles. The maximum atomic E-state index is 12.2. The molecule has 2 aliphatic rings. The highest BCUT2D eigenvalue weighted by Crippen LogP contribution is 2.40. The predicted octanol–water partition coefficient (Wildman–Crippen LogP) is 2.10. The molecule has 1 amide bonds. The van der Waals surface area contributed by atoms with Gasteiger partial charge < -0.3 is 15.2 Å². The molecule has 1 saturated carbocycles. The van der Waals surface area contributed by atoms with Crippen LogP contribution in [0.1, 0.15) is 67.6 Å². The highest BCUT2D eigenvalue weighted by atomic mass is 16.5. The van der Waals surface area contributed by atoms with E-state index in [1.165, 1.54) is 0 Å². The lowest BCUT2D eigenvalue weighted by atomic mass is 9.90. The Labute approximate surface area is 136 Å². The minimum atomic E-state index is -0.430. The topological polar surface area (TPSA) is 89.4 Å². The largest absolute Gasteiger partial charge is 0.360 e. The zero-order valence-corrected chi connectivity index (χ0v) is 13.7. The molecule has 126 valence electrons. The maximum Gasteiger partial charge on any atom is 0.239 e. The van der Waals surface area contributed by atoms with Gasteiger partial charge in [0.05, 0.1) is 6.04 Å². The summed E-state index contributed by atoms with van der Waals surface area (Å²) in [7, 11) is 0. The summed E-state index contributed by atoms with van der Waals surface area (Å²) in [5, 5.41) is 3.90. The third-order valence-electron chi connectivity index (χ3n) is 4.89. The van der Waals surface area contributed by atoms with Crippen molar-refractivity contribution in [1.82, 2.24) is 10.1 Å².